The standard InChI is InChI=1S/C21H26N2O2/c1-14-9-12-19(25-3)18(13-14)15(2)22-20(16-7-5-4-6-8-16)21(24)23-17-10-11-17/h4-9,12-13,15,17,20,22H,10-11H2,1-3H3,(H,23,24). The lowest BCUT2D eigenvalue weighted by molar-refractivity contribution is -0.123. The molecule has 1 aliphatic carbocycles. The summed E-state index contributed by atoms with van der Waals surface area (Å²) in [7, 11) is 1.68. The molecule has 2 unspecified atom stereocenters. The van der Waals surface area contributed by atoms with Gasteiger partial charge in [0.15, 0.2) is 0 Å². The van der Waals surface area contributed by atoms with Crippen LogP contribution in [0.5, 0.6) is 5.75 Å². The summed E-state index contributed by atoms with van der Waals surface area (Å²) in [6.45, 7) is 4.13. The number of hydrogen-bond donors (Lipinski definition) is 2. The molecule has 1 amide bonds. The van der Waals surface area contributed by atoms with Gasteiger partial charge in [-0.1, -0.05) is 48.0 Å². The SMILES string of the molecule is COc1ccc(C)cc1C(C)NC(C(=O)NC1CC1)c1ccccc1. The Morgan fingerprint density at radius 2 is 1.88 bits per heavy atom. The molecular weight excluding hydrogens is 312 g/mol. The van der Waals surface area contributed by atoms with Gasteiger partial charge in [-0.3, -0.25) is 10.1 Å². The van der Waals surface area contributed by atoms with Gasteiger partial charge in [0.25, 0.3) is 0 Å². The number of methoxy groups -OCH3 is 1. The van der Waals surface area contributed by atoms with E-state index >= 15 is 0 Å². The highest BCUT2D eigenvalue weighted by Gasteiger charge is 2.29. The van der Waals surface area contributed by atoms with E-state index in [-0.39, 0.29) is 18.0 Å². The second-order valence-corrected chi connectivity index (χ2v) is 6.76. The summed E-state index contributed by atoms with van der Waals surface area (Å²) in [6, 6.07) is 15.9. The number of hydrogen-bond acceptors (Lipinski definition) is 3. The van der Waals surface area contributed by atoms with Crippen LogP contribution in [0.1, 0.15) is 48.5 Å². The van der Waals surface area contributed by atoms with E-state index in [1.54, 1.807) is 7.11 Å². The average molecular weight is 338 g/mol. The summed E-state index contributed by atoms with van der Waals surface area (Å²) in [5.74, 6) is 0.868. The number of rotatable bonds is 7. The van der Waals surface area contributed by atoms with Crippen molar-refractivity contribution in [2.75, 3.05) is 7.11 Å². The number of amides is 1. The third-order valence-corrected chi connectivity index (χ3v) is 4.59. The molecule has 0 saturated heterocycles. The third kappa shape index (κ3) is 4.40. The van der Waals surface area contributed by atoms with Crippen LogP contribution in [0.4, 0.5) is 0 Å². The van der Waals surface area contributed by atoms with Crippen molar-refractivity contribution >= 4 is 5.91 Å². The Hall–Kier alpha value is -2.33. The molecule has 132 valence electrons. The molecule has 1 fully saturated rings. The van der Waals surface area contributed by atoms with Crippen LogP contribution in [0, 0.1) is 6.92 Å². The largest absolute Gasteiger partial charge is 0.496 e. The first kappa shape index (κ1) is 17.5. The molecule has 4 nitrogen and oxygen atoms in total. The zero-order valence-corrected chi connectivity index (χ0v) is 15.1. The van der Waals surface area contributed by atoms with Gasteiger partial charge in [-0.2, -0.15) is 0 Å². The minimum atomic E-state index is -0.387. The van der Waals surface area contributed by atoms with Gasteiger partial charge in [-0.15, -0.1) is 0 Å². The summed E-state index contributed by atoms with van der Waals surface area (Å²) >= 11 is 0. The Kier molecular flexibility index (Phi) is 5.39. The molecular formula is C21H26N2O2. The Labute approximate surface area is 149 Å². The van der Waals surface area contributed by atoms with Crippen molar-refractivity contribution < 1.29 is 9.53 Å². The Morgan fingerprint density at radius 1 is 1.16 bits per heavy atom. The monoisotopic (exact) mass is 338 g/mol. The highest BCUT2D eigenvalue weighted by Crippen LogP contribution is 2.29. The fourth-order valence-corrected chi connectivity index (χ4v) is 3.01. The third-order valence-electron chi connectivity index (χ3n) is 4.59. The van der Waals surface area contributed by atoms with E-state index in [4.69, 9.17) is 4.74 Å². The lowest BCUT2D eigenvalue weighted by Crippen LogP contribution is -2.39. The molecule has 25 heavy (non-hydrogen) atoms. The number of carbonyl (C=O) groups is 1. The predicted octanol–water partition coefficient (Wildman–Crippen LogP) is 3.67. The summed E-state index contributed by atoms with van der Waals surface area (Å²) in [4.78, 5) is 12.8. The van der Waals surface area contributed by atoms with E-state index in [1.165, 1.54) is 5.56 Å². The fraction of sp³-hybridized carbons (Fsp3) is 0.381. The van der Waals surface area contributed by atoms with Crippen LogP contribution in [-0.4, -0.2) is 19.1 Å². The second-order valence-electron chi connectivity index (χ2n) is 6.76. The summed E-state index contributed by atoms with van der Waals surface area (Å²) < 4.78 is 5.50. The van der Waals surface area contributed by atoms with Gasteiger partial charge < -0.3 is 10.1 Å². The highest BCUT2D eigenvalue weighted by molar-refractivity contribution is 5.83. The maximum atomic E-state index is 12.8. The average Bonchev–Trinajstić information content (AvgIpc) is 3.44. The van der Waals surface area contributed by atoms with E-state index in [0.29, 0.717) is 6.04 Å². The number of nitrogens with one attached hydrogen (secondary N) is 2. The zero-order chi connectivity index (χ0) is 17.8. The number of carbonyl (C=O) groups excluding carboxylic acids is 1. The van der Waals surface area contributed by atoms with Crippen molar-refractivity contribution in [1.29, 1.82) is 0 Å². The van der Waals surface area contributed by atoms with Gasteiger partial charge in [0.2, 0.25) is 5.91 Å². The van der Waals surface area contributed by atoms with E-state index in [1.807, 2.05) is 42.5 Å². The van der Waals surface area contributed by atoms with Gasteiger partial charge in [0, 0.05) is 17.6 Å². The highest BCUT2D eigenvalue weighted by atomic mass is 16.5. The van der Waals surface area contributed by atoms with Crippen molar-refractivity contribution in [3.63, 3.8) is 0 Å². The molecule has 2 aromatic rings. The van der Waals surface area contributed by atoms with Crippen molar-refractivity contribution in [2.24, 2.45) is 0 Å². The first-order chi connectivity index (χ1) is 12.1. The van der Waals surface area contributed by atoms with Crippen molar-refractivity contribution in [3.8, 4) is 5.75 Å². The molecule has 0 radical (unpaired) electrons. The molecule has 0 aliphatic heterocycles. The number of ether oxygens (including phenoxy) is 1. The van der Waals surface area contributed by atoms with Crippen LogP contribution < -0.4 is 15.4 Å². The lowest BCUT2D eigenvalue weighted by Gasteiger charge is -2.25. The van der Waals surface area contributed by atoms with Gasteiger partial charge >= 0.3 is 0 Å². The summed E-state index contributed by atoms with van der Waals surface area (Å²) in [6.07, 6.45) is 2.16. The van der Waals surface area contributed by atoms with Crippen LogP contribution in [0.3, 0.4) is 0 Å². The molecule has 0 spiro atoms. The van der Waals surface area contributed by atoms with Crippen LogP contribution in [0.25, 0.3) is 0 Å². The Morgan fingerprint density at radius 3 is 2.52 bits per heavy atom. The second kappa shape index (κ2) is 7.70. The number of benzene rings is 2. The molecule has 0 aromatic heterocycles. The van der Waals surface area contributed by atoms with Crippen LogP contribution >= 0.6 is 0 Å². The first-order valence-electron chi connectivity index (χ1n) is 8.84. The summed E-state index contributed by atoms with van der Waals surface area (Å²) in [5.41, 5.74) is 3.20. The van der Waals surface area contributed by atoms with Crippen LogP contribution in [0.15, 0.2) is 48.5 Å². The minimum Gasteiger partial charge on any atom is -0.496 e. The number of aryl methyl sites for hydroxylation is 1. The van der Waals surface area contributed by atoms with E-state index in [2.05, 4.69) is 30.5 Å². The maximum absolute atomic E-state index is 12.8. The normalized spacial score (nSPS) is 16.1. The van der Waals surface area contributed by atoms with Crippen molar-refractivity contribution in [1.82, 2.24) is 10.6 Å². The van der Waals surface area contributed by atoms with E-state index in [9.17, 15) is 4.79 Å². The zero-order valence-electron chi connectivity index (χ0n) is 15.1. The van der Waals surface area contributed by atoms with Gasteiger partial charge in [-0.05, 0) is 38.3 Å². The molecule has 2 aromatic carbocycles. The molecule has 3 rings (SSSR count). The predicted molar refractivity (Wildman–Crippen MR) is 99.6 cm³/mol. The minimum absolute atomic E-state index is 0.0231. The Bertz CT molecular complexity index is 726. The smallest absolute Gasteiger partial charge is 0.241 e. The quantitative estimate of drug-likeness (QED) is 0.810. The van der Waals surface area contributed by atoms with Gasteiger partial charge in [-0.25, -0.2) is 0 Å². The molecule has 1 saturated carbocycles. The van der Waals surface area contributed by atoms with E-state index in [0.717, 1.165) is 29.7 Å². The molecule has 2 atom stereocenters. The van der Waals surface area contributed by atoms with Crippen molar-refractivity contribution in [2.45, 2.75) is 44.8 Å². The molecule has 4 heteroatoms. The van der Waals surface area contributed by atoms with Gasteiger partial charge in [0.1, 0.15) is 11.8 Å². The molecule has 2 N–H and O–H groups in total. The molecule has 0 bridgehead atoms. The van der Waals surface area contributed by atoms with Crippen LogP contribution in [0.2, 0.25) is 0 Å². The Balaban J connectivity index is 1.84. The molecule has 0 heterocycles. The topological polar surface area (TPSA) is 50.4 Å². The molecule has 1 aliphatic rings. The fourth-order valence-electron chi connectivity index (χ4n) is 3.01. The first-order valence-corrected chi connectivity index (χ1v) is 8.84. The van der Waals surface area contributed by atoms with Crippen LogP contribution in [-0.2, 0) is 4.79 Å². The van der Waals surface area contributed by atoms with Crippen molar-refractivity contribution in [3.05, 3.63) is 65.2 Å². The summed E-state index contributed by atoms with van der Waals surface area (Å²) in [5, 5.41) is 6.61. The lowest BCUT2D eigenvalue weighted by atomic mass is 10.0. The maximum Gasteiger partial charge on any atom is 0.241 e. The van der Waals surface area contributed by atoms with Gasteiger partial charge in [0.05, 0.1) is 7.11 Å². The van der Waals surface area contributed by atoms with E-state index < -0.39 is 0 Å².